The standard InChI is InChI=1S/C11H10Cl3FO2/c1-17-9(16)3-2-6-4-8(13)7(5-12)10(14)11(6)15/h4H,2-3,5H2,1H3. The highest BCUT2D eigenvalue weighted by Gasteiger charge is 2.16. The van der Waals surface area contributed by atoms with E-state index in [4.69, 9.17) is 34.8 Å². The van der Waals surface area contributed by atoms with E-state index in [0.717, 1.165) is 0 Å². The summed E-state index contributed by atoms with van der Waals surface area (Å²) in [5, 5.41) is 0.207. The zero-order chi connectivity index (χ0) is 13.0. The summed E-state index contributed by atoms with van der Waals surface area (Å²) in [5.74, 6) is -0.972. The Morgan fingerprint density at radius 1 is 1.47 bits per heavy atom. The Hall–Kier alpha value is -0.510. The first-order valence-corrected chi connectivity index (χ1v) is 6.08. The lowest BCUT2D eigenvalue weighted by Gasteiger charge is -2.09. The molecule has 0 fully saturated rings. The molecule has 94 valence electrons. The number of alkyl halides is 1. The lowest BCUT2D eigenvalue weighted by molar-refractivity contribution is -0.140. The molecule has 0 spiro atoms. The van der Waals surface area contributed by atoms with Crippen molar-refractivity contribution < 1.29 is 13.9 Å². The van der Waals surface area contributed by atoms with E-state index in [0.29, 0.717) is 10.6 Å². The second-order valence-corrected chi connectivity index (χ2v) is 4.39. The van der Waals surface area contributed by atoms with Crippen molar-refractivity contribution in [3.63, 3.8) is 0 Å². The van der Waals surface area contributed by atoms with Crippen molar-refractivity contribution in [3.05, 3.63) is 33.1 Å². The van der Waals surface area contributed by atoms with Crippen LogP contribution in [0.2, 0.25) is 10.0 Å². The van der Waals surface area contributed by atoms with Crippen LogP contribution in [0.5, 0.6) is 0 Å². The van der Waals surface area contributed by atoms with E-state index >= 15 is 0 Å². The van der Waals surface area contributed by atoms with Crippen LogP contribution in [0.15, 0.2) is 6.07 Å². The minimum atomic E-state index is -0.587. The number of halogens is 4. The molecular weight excluding hydrogens is 289 g/mol. The number of carbonyl (C=O) groups is 1. The fourth-order valence-corrected chi connectivity index (χ4v) is 2.37. The van der Waals surface area contributed by atoms with E-state index in [1.807, 2.05) is 0 Å². The van der Waals surface area contributed by atoms with E-state index in [9.17, 15) is 9.18 Å². The Labute approximate surface area is 114 Å². The summed E-state index contributed by atoms with van der Waals surface area (Å²) in [6.45, 7) is 0. The predicted octanol–water partition coefficient (Wildman–Crippen LogP) is 3.98. The van der Waals surface area contributed by atoms with Gasteiger partial charge in [-0.1, -0.05) is 23.2 Å². The molecule has 0 aliphatic heterocycles. The van der Waals surface area contributed by atoms with E-state index in [1.165, 1.54) is 13.2 Å². The summed E-state index contributed by atoms with van der Waals surface area (Å²) in [7, 11) is 1.27. The van der Waals surface area contributed by atoms with Crippen molar-refractivity contribution in [3.8, 4) is 0 Å². The monoisotopic (exact) mass is 298 g/mol. The van der Waals surface area contributed by atoms with Gasteiger partial charge in [-0.05, 0) is 18.1 Å². The molecule has 0 atom stereocenters. The second kappa shape index (κ2) is 6.43. The molecule has 1 aromatic carbocycles. The van der Waals surface area contributed by atoms with Crippen LogP contribution in [0.25, 0.3) is 0 Å². The molecule has 0 aliphatic rings. The number of rotatable bonds is 4. The predicted molar refractivity (Wildman–Crippen MR) is 66.3 cm³/mol. The molecule has 1 rings (SSSR count). The molecule has 2 nitrogen and oxygen atoms in total. The van der Waals surface area contributed by atoms with Gasteiger partial charge in [-0.3, -0.25) is 4.79 Å². The molecule has 0 amide bonds. The van der Waals surface area contributed by atoms with Gasteiger partial charge in [-0.15, -0.1) is 11.6 Å². The fraction of sp³-hybridized carbons (Fsp3) is 0.364. The van der Waals surface area contributed by atoms with Crippen LogP contribution >= 0.6 is 34.8 Å². The van der Waals surface area contributed by atoms with Crippen LogP contribution in [0.3, 0.4) is 0 Å². The Morgan fingerprint density at radius 3 is 2.65 bits per heavy atom. The minimum Gasteiger partial charge on any atom is -0.469 e. The molecule has 6 heteroatoms. The fourth-order valence-electron chi connectivity index (χ4n) is 1.32. The lowest BCUT2D eigenvalue weighted by atomic mass is 10.1. The maximum absolute atomic E-state index is 13.8. The quantitative estimate of drug-likeness (QED) is 0.477. The van der Waals surface area contributed by atoms with Gasteiger partial charge in [-0.25, -0.2) is 4.39 Å². The maximum atomic E-state index is 13.8. The van der Waals surface area contributed by atoms with E-state index in [1.54, 1.807) is 0 Å². The Kier molecular flexibility index (Phi) is 5.50. The molecule has 1 aromatic rings. The number of aryl methyl sites for hydroxylation is 1. The topological polar surface area (TPSA) is 26.3 Å². The third kappa shape index (κ3) is 3.47. The van der Waals surface area contributed by atoms with Gasteiger partial charge in [-0.2, -0.15) is 0 Å². The van der Waals surface area contributed by atoms with E-state index < -0.39 is 11.8 Å². The maximum Gasteiger partial charge on any atom is 0.305 e. The number of carbonyl (C=O) groups excluding carboxylic acids is 1. The molecular formula is C11H10Cl3FO2. The van der Waals surface area contributed by atoms with Crippen LogP contribution in [0.1, 0.15) is 17.5 Å². The smallest absolute Gasteiger partial charge is 0.305 e. The van der Waals surface area contributed by atoms with Gasteiger partial charge in [0.1, 0.15) is 5.82 Å². The summed E-state index contributed by atoms with van der Waals surface area (Å²) in [5.41, 5.74) is 0.633. The molecule has 0 bridgehead atoms. The number of hydrogen-bond acceptors (Lipinski definition) is 2. The summed E-state index contributed by atoms with van der Waals surface area (Å²) in [6, 6.07) is 1.43. The van der Waals surface area contributed by atoms with Crippen LogP contribution in [-0.2, 0) is 21.8 Å². The third-order valence-electron chi connectivity index (χ3n) is 2.29. The van der Waals surface area contributed by atoms with Crippen molar-refractivity contribution in [2.45, 2.75) is 18.7 Å². The van der Waals surface area contributed by atoms with Gasteiger partial charge >= 0.3 is 5.97 Å². The summed E-state index contributed by atoms with van der Waals surface area (Å²) >= 11 is 17.3. The summed E-state index contributed by atoms with van der Waals surface area (Å²) < 4.78 is 18.3. The average molecular weight is 300 g/mol. The highest BCUT2D eigenvalue weighted by Crippen LogP contribution is 2.31. The molecule has 0 heterocycles. The minimum absolute atomic E-state index is 0.0336. The molecule has 17 heavy (non-hydrogen) atoms. The molecule has 0 saturated carbocycles. The van der Waals surface area contributed by atoms with Crippen molar-refractivity contribution in [1.29, 1.82) is 0 Å². The number of hydrogen-bond donors (Lipinski definition) is 0. The zero-order valence-electron chi connectivity index (χ0n) is 9.03. The molecule has 0 unspecified atom stereocenters. The number of methoxy groups -OCH3 is 1. The largest absolute Gasteiger partial charge is 0.469 e. The van der Waals surface area contributed by atoms with Gasteiger partial charge < -0.3 is 4.74 Å². The SMILES string of the molecule is COC(=O)CCc1cc(Cl)c(CCl)c(Cl)c1F. The van der Waals surface area contributed by atoms with Gasteiger partial charge in [0.25, 0.3) is 0 Å². The highest BCUT2D eigenvalue weighted by molar-refractivity contribution is 6.37. The van der Waals surface area contributed by atoms with Gasteiger partial charge in [0, 0.05) is 17.0 Å². The Balaban J connectivity index is 2.98. The van der Waals surface area contributed by atoms with Crippen molar-refractivity contribution in [1.82, 2.24) is 0 Å². The Bertz CT molecular complexity index is 435. The van der Waals surface area contributed by atoms with Crippen LogP contribution in [0.4, 0.5) is 4.39 Å². The third-order valence-corrected chi connectivity index (χ3v) is 3.29. The number of benzene rings is 1. The molecule has 0 N–H and O–H groups in total. The molecule has 0 saturated heterocycles. The van der Waals surface area contributed by atoms with E-state index in [2.05, 4.69) is 4.74 Å². The van der Waals surface area contributed by atoms with Gasteiger partial charge in [0.15, 0.2) is 0 Å². The first-order chi connectivity index (χ1) is 8.01. The van der Waals surface area contributed by atoms with Crippen molar-refractivity contribution >= 4 is 40.8 Å². The summed E-state index contributed by atoms with van der Waals surface area (Å²) in [6.07, 6.45) is 0.251. The van der Waals surface area contributed by atoms with Crippen molar-refractivity contribution in [2.24, 2.45) is 0 Å². The second-order valence-electron chi connectivity index (χ2n) is 3.33. The highest BCUT2D eigenvalue weighted by atomic mass is 35.5. The Morgan fingerprint density at radius 2 is 2.12 bits per heavy atom. The molecule has 0 aliphatic carbocycles. The summed E-state index contributed by atoms with van der Waals surface area (Å²) in [4.78, 5) is 11.0. The number of esters is 1. The lowest BCUT2D eigenvalue weighted by Crippen LogP contribution is -2.04. The van der Waals surface area contributed by atoms with Crippen LogP contribution < -0.4 is 0 Å². The molecule has 0 radical (unpaired) electrons. The average Bonchev–Trinajstić information content (AvgIpc) is 2.32. The van der Waals surface area contributed by atoms with Gasteiger partial charge in [0.05, 0.1) is 18.0 Å². The number of ether oxygens (including phenoxy) is 1. The zero-order valence-corrected chi connectivity index (χ0v) is 11.3. The first-order valence-electron chi connectivity index (χ1n) is 4.79. The normalized spacial score (nSPS) is 10.4. The van der Waals surface area contributed by atoms with E-state index in [-0.39, 0.29) is 29.3 Å². The first kappa shape index (κ1) is 14.6. The van der Waals surface area contributed by atoms with Crippen LogP contribution in [0, 0.1) is 5.82 Å². The van der Waals surface area contributed by atoms with Crippen molar-refractivity contribution in [2.75, 3.05) is 7.11 Å². The van der Waals surface area contributed by atoms with Gasteiger partial charge in [0.2, 0.25) is 0 Å². The van der Waals surface area contributed by atoms with Crippen LogP contribution in [-0.4, -0.2) is 13.1 Å². The molecule has 0 aromatic heterocycles.